The summed E-state index contributed by atoms with van der Waals surface area (Å²) in [5, 5.41) is 3.47. The summed E-state index contributed by atoms with van der Waals surface area (Å²) in [5.74, 6) is 2.02. The summed E-state index contributed by atoms with van der Waals surface area (Å²) in [4.78, 5) is 6.94. The SMILES string of the molecule is CC1CCC(N(C)c2cc(CNC(C)C)ccn2)CC1. The molecule has 20 heavy (non-hydrogen) atoms. The van der Waals surface area contributed by atoms with Crippen molar-refractivity contribution in [2.75, 3.05) is 11.9 Å². The minimum Gasteiger partial charge on any atom is -0.357 e. The van der Waals surface area contributed by atoms with Gasteiger partial charge in [-0.2, -0.15) is 0 Å². The normalized spacial score (nSPS) is 23.1. The second-order valence-corrected chi connectivity index (χ2v) is 6.58. The van der Waals surface area contributed by atoms with Crippen molar-refractivity contribution in [1.29, 1.82) is 0 Å². The van der Waals surface area contributed by atoms with E-state index in [1.165, 1.54) is 31.2 Å². The quantitative estimate of drug-likeness (QED) is 0.890. The Kier molecular flexibility index (Phi) is 5.41. The van der Waals surface area contributed by atoms with Gasteiger partial charge in [0.2, 0.25) is 0 Å². The molecule has 1 aliphatic carbocycles. The lowest BCUT2D eigenvalue weighted by atomic mass is 9.87. The highest BCUT2D eigenvalue weighted by Crippen LogP contribution is 2.28. The highest BCUT2D eigenvalue weighted by Gasteiger charge is 2.22. The van der Waals surface area contributed by atoms with Crippen LogP contribution in [0.2, 0.25) is 0 Å². The van der Waals surface area contributed by atoms with E-state index in [-0.39, 0.29) is 0 Å². The van der Waals surface area contributed by atoms with Crippen LogP contribution in [0.1, 0.15) is 52.0 Å². The molecule has 1 aliphatic rings. The Morgan fingerprint density at radius 1 is 1.30 bits per heavy atom. The third-order valence-electron chi connectivity index (χ3n) is 4.42. The van der Waals surface area contributed by atoms with Crippen molar-refractivity contribution < 1.29 is 0 Å². The predicted octanol–water partition coefficient (Wildman–Crippen LogP) is 3.59. The largest absolute Gasteiger partial charge is 0.357 e. The molecule has 1 aromatic heterocycles. The summed E-state index contributed by atoms with van der Waals surface area (Å²) in [6.07, 6.45) is 7.24. The molecule has 1 N–H and O–H groups in total. The van der Waals surface area contributed by atoms with Gasteiger partial charge >= 0.3 is 0 Å². The van der Waals surface area contributed by atoms with Gasteiger partial charge in [0.25, 0.3) is 0 Å². The number of aromatic nitrogens is 1. The first-order chi connectivity index (χ1) is 9.56. The van der Waals surface area contributed by atoms with Crippen LogP contribution >= 0.6 is 0 Å². The van der Waals surface area contributed by atoms with E-state index in [1.54, 1.807) is 0 Å². The average Bonchev–Trinajstić information content (AvgIpc) is 2.45. The van der Waals surface area contributed by atoms with Crippen molar-refractivity contribution in [3.8, 4) is 0 Å². The van der Waals surface area contributed by atoms with Gasteiger partial charge in [-0.25, -0.2) is 4.98 Å². The monoisotopic (exact) mass is 275 g/mol. The maximum absolute atomic E-state index is 4.56. The first-order valence-corrected chi connectivity index (χ1v) is 7.97. The fraction of sp³-hybridized carbons (Fsp3) is 0.706. The molecule has 0 aromatic carbocycles. The molecular weight excluding hydrogens is 246 g/mol. The van der Waals surface area contributed by atoms with Crippen molar-refractivity contribution >= 4 is 5.82 Å². The van der Waals surface area contributed by atoms with Crippen molar-refractivity contribution in [1.82, 2.24) is 10.3 Å². The summed E-state index contributed by atoms with van der Waals surface area (Å²) >= 11 is 0. The van der Waals surface area contributed by atoms with E-state index in [4.69, 9.17) is 0 Å². The Morgan fingerprint density at radius 2 is 2.00 bits per heavy atom. The first kappa shape index (κ1) is 15.3. The van der Waals surface area contributed by atoms with Gasteiger partial charge in [-0.05, 0) is 49.3 Å². The van der Waals surface area contributed by atoms with Crippen LogP contribution in [0.4, 0.5) is 5.82 Å². The van der Waals surface area contributed by atoms with Crippen molar-refractivity contribution in [3.05, 3.63) is 23.9 Å². The van der Waals surface area contributed by atoms with Crippen molar-refractivity contribution in [2.45, 2.75) is 65.1 Å². The van der Waals surface area contributed by atoms with E-state index in [0.717, 1.165) is 18.3 Å². The molecule has 112 valence electrons. The molecule has 1 aromatic rings. The Morgan fingerprint density at radius 3 is 2.65 bits per heavy atom. The molecule has 2 rings (SSSR count). The molecular formula is C17H29N3. The number of nitrogens with one attached hydrogen (secondary N) is 1. The van der Waals surface area contributed by atoms with Crippen molar-refractivity contribution in [3.63, 3.8) is 0 Å². The van der Waals surface area contributed by atoms with E-state index >= 15 is 0 Å². The van der Waals surface area contributed by atoms with Crippen LogP contribution in [-0.2, 0) is 6.54 Å². The summed E-state index contributed by atoms with van der Waals surface area (Å²) in [6, 6.07) is 5.51. The van der Waals surface area contributed by atoms with E-state index in [0.29, 0.717) is 12.1 Å². The number of rotatable bonds is 5. The average molecular weight is 275 g/mol. The van der Waals surface area contributed by atoms with E-state index in [9.17, 15) is 0 Å². The summed E-state index contributed by atoms with van der Waals surface area (Å²) in [6.45, 7) is 7.64. The minimum atomic E-state index is 0.518. The third kappa shape index (κ3) is 4.20. The van der Waals surface area contributed by atoms with Crippen LogP contribution in [0.15, 0.2) is 18.3 Å². The molecule has 0 unspecified atom stereocenters. The van der Waals surface area contributed by atoms with Crippen LogP contribution in [0, 0.1) is 5.92 Å². The summed E-state index contributed by atoms with van der Waals surface area (Å²) in [5.41, 5.74) is 1.32. The number of anilines is 1. The number of hydrogen-bond acceptors (Lipinski definition) is 3. The molecule has 3 nitrogen and oxygen atoms in total. The fourth-order valence-electron chi connectivity index (χ4n) is 2.90. The molecule has 1 saturated carbocycles. The lowest BCUT2D eigenvalue weighted by Gasteiger charge is -2.34. The fourth-order valence-corrected chi connectivity index (χ4v) is 2.90. The Labute approximate surface area is 123 Å². The predicted molar refractivity (Wildman–Crippen MR) is 86.0 cm³/mol. The van der Waals surface area contributed by atoms with Gasteiger partial charge in [0.15, 0.2) is 0 Å². The van der Waals surface area contributed by atoms with E-state index in [1.807, 2.05) is 6.20 Å². The van der Waals surface area contributed by atoms with Gasteiger partial charge in [0, 0.05) is 31.9 Å². The minimum absolute atomic E-state index is 0.518. The third-order valence-corrected chi connectivity index (χ3v) is 4.42. The molecule has 1 fully saturated rings. The standard InChI is InChI=1S/C17H29N3/c1-13(2)19-12-15-9-10-18-17(11-15)20(4)16-7-5-14(3)6-8-16/h9-11,13-14,16,19H,5-8,12H2,1-4H3. The van der Waals surface area contributed by atoms with E-state index in [2.05, 4.69) is 55.2 Å². The Hall–Kier alpha value is -1.09. The molecule has 0 aliphatic heterocycles. The van der Waals surface area contributed by atoms with Crippen LogP contribution < -0.4 is 10.2 Å². The Balaban J connectivity index is 1.98. The highest BCUT2D eigenvalue weighted by atomic mass is 15.2. The summed E-state index contributed by atoms with van der Waals surface area (Å²) < 4.78 is 0. The van der Waals surface area contributed by atoms with Crippen molar-refractivity contribution in [2.24, 2.45) is 5.92 Å². The zero-order valence-electron chi connectivity index (χ0n) is 13.4. The van der Waals surface area contributed by atoms with Gasteiger partial charge in [-0.1, -0.05) is 20.8 Å². The number of pyridine rings is 1. The lowest BCUT2D eigenvalue weighted by molar-refractivity contribution is 0.340. The van der Waals surface area contributed by atoms with E-state index < -0.39 is 0 Å². The zero-order valence-corrected chi connectivity index (χ0v) is 13.4. The zero-order chi connectivity index (χ0) is 14.5. The molecule has 0 bridgehead atoms. The Bertz CT molecular complexity index is 408. The van der Waals surface area contributed by atoms with Crippen LogP contribution in [0.5, 0.6) is 0 Å². The van der Waals surface area contributed by atoms with Crippen LogP contribution in [0.25, 0.3) is 0 Å². The second-order valence-electron chi connectivity index (χ2n) is 6.58. The van der Waals surface area contributed by atoms with Crippen LogP contribution in [0.3, 0.4) is 0 Å². The molecule has 3 heteroatoms. The van der Waals surface area contributed by atoms with Crippen LogP contribution in [-0.4, -0.2) is 24.1 Å². The maximum atomic E-state index is 4.56. The topological polar surface area (TPSA) is 28.2 Å². The highest BCUT2D eigenvalue weighted by molar-refractivity contribution is 5.41. The van der Waals surface area contributed by atoms with Gasteiger partial charge in [-0.3, -0.25) is 0 Å². The molecule has 0 radical (unpaired) electrons. The second kappa shape index (κ2) is 7.07. The number of nitrogens with zero attached hydrogens (tertiary/aromatic N) is 2. The molecule has 0 spiro atoms. The van der Waals surface area contributed by atoms with Gasteiger partial charge in [-0.15, -0.1) is 0 Å². The molecule has 0 saturated heterocycles. The smallest absolute Gasteiger partial charge is 0.128 e. The van der Waals surface area contributed by atoms with Gasteiger partial charge < -0.3 is 10.2 Å². The number of hydrogen-bond donors (Lipinski definition) is 1. The molecule has 0 amide bonds. The molecule has 1 heterocycles. The summed E-state index contributed by atoms with van der Waals surface area (Å²) in [7, 11) is 2.20. The van der Waals surface area contributed by atoms with Gasteiger partial charge in [0.1, 0.15) is 5.82 Å². The first-order valence-electron chi connectivity index (χ1n) is 7.97. The maximum Gasteiger partial charge on any atom is 0.128 e. The lowest BCUT2D eigenvalue weighted by Crippen LogP contribution is -2.35. The molecule has 0 atom stereocenters. The van der Waals surface area contributed by atoms with Gasteiger partial charge in [0.05, 0.1) is 0 Å².